The van der Waals surface area contributed by atoms with Crippen LogP contribution in [-0.4, -0.2) is 24.6 Å². The number of carbonyl (C=O) groups excluding carboxylic acids is 2. The largest absolute Gasteiger partial charge is 0.322 e. The minimum absolute atomic E-state index is 0.00864. The molecule has 0 fully saturated rings. The van der Waals surface area contributed by atoms with Crippen molar-refractivity contribution < 1.29 is 27.8 Å². The summed E-state index contributed by atoms with van der Waals surface area (Å²) >= 11 is 1.06. The minimum atomic E-state index is -3.77. The van der Waals surface area contributed by atoms with Crippen LogP contribution in [0.15, 0.2) is 118 Å². The molecule has 0 saturated carbocycles. The molecule has 0 saturated heterocycles. The van der Waals surface area contributed by atoms with E-state index in [0.29, 0.717) is 28.3 Å². The zero-order valence-corrected chi connectivity index (χ0v) is 22.6. The van der Waals surface area contributed by atoms with Crippen LogP contribution in [0.4, 0.5) is 11.4 Å². The normalized spacial score (nSPS) is 11.1. The van der Waals surface area contributed by atoms with E-state index < -0.39 is 15.7 Å². The summed E-state index contributed by atoms with van der Waals surface area (Å²) in [5.41, 5.74) is 3.11. The predicted molar refractivity (Wildman–Crippen MR) is 149 cm³/mol. The SMILES string of the molecule is O=C(CCCC[n+]1ccccc1)Sc1ccccc1C(=O)Nc1ccc(S(=O)(=O)c2ccc(NO)cc2)cc1. The third-order valence-corrected chi connectivity index (χ3v) is 8.69. The zero-order valence-electron chi connectivity index (χ0n) is 21.0. The molecule has 200 valence electrons. The molecule has 0 spiro atoms. The van der Waals surface area contributed by atoms with Crippen LogP contribution in [0.25, 0.3) is 0 Å². The fourth-order valence-electron chi connectivity index (χ4n) is 3.82. The quantitative estimate of drug-likeness (QED) is 0.0977. The van der Waals surface area contributed by atoms with Gasteiger partial charge in [0.2, 0.25) is 9.84 Å². The first-order chi connectivity index (χ1) is 18.9. The molecule has 0 radical (unpaired) electrons. The van der Waals surface area contributed by atoms with Crippen LogP contribution in [0.3, 0.4) is 0 Å². The van der Waals surface area contributed by atoms with Crippen LogP contribution in [-0.2, 0) is 21.2 Å². The monoisotopic (exact) mass is 562 g/mol. The molecular weight excluding hydrogens is 534 g/mol. The van der Waals surface area contributed by atoms with Gasteiger partial charge in [-0.05, 0) is 67.1 Å². The van der Waals surface area contributed by atoms with Crippen LogP contribution in [0, 0.1) is 0 Å². The van der Waals surface area contributed by atoms with E-state index in [1.54, 1.807) is 24.3 Å². The van der Waals surface area contributed by atoms with Gasteiger partial charge in [0.05, 0.1) is 21.0 Å². The number of anilines is 2. The van der Waals surface area contributed by atoms with Crippen molar-refractivity contribution in [2.24, 2.45) is 0 Å². The molecule has 0 atom stereocenters. The highest BCUT2D eigenvalue weighted by Gasteiger charge is 2.19. The Balaban J connectivity index is 1.35. The molecule has 3 N–H and O–H groups in total. The minimum Gasteiger partial charge on any atom is -0.322 e. The Morgan fingerprint density at radius 1 is 0.769 bits per heavy atom. The summed E-state index contributed by atoms with van der Waals surface area (Å²) in [7, 11) is -3.77. The molecule has 10 heteroatoms. The van der Waals surface area contributed by atoms with Gasteiger partial charge in [-0.3, -0.25) is 20.3 Å². The number of pyridine rings is 1. The Morgan fingerprint density at radius 3 is 2.03 bits per heavy atom. The molecule has 0 aliphatic heterocycles. The number of hydrogen-bond donors (Lipinski definition) is 3. The van der Waals surface area contributed by atoms with Gasteiger partial charge in [0.15, 0.2) is 17.5 Å². The van der Waals surface area contributed by atoms with Gasteiger partial charge < -0.3 is 5.32 Å². The first-order valence-electron chi connectivity index (χ1n) is 12.3. The number of amides is 1. The highest BCUT2D eigenvalue weighted by atomic mass is 32.2. The second kappa shape index (κ2) is 13.2. The van der Waals surface area contributed by atoms with E-state index in [2.05, 4.69) is 9.88 Å². The van der Waals surface area contributed by atoms with E-state index in [-0.39, 0.29) is 14.9 Å². The summed E-state index contributed by atoms with van der Waals surface area (Å²) in [6, 6.07) is 24.3. The predicted octanol–water partition coefficient (Wildman–Crippen LogP) is 5.35. The molecule has 1 heterocycles. The van der Waals surface area contributed by atoms with Gasteiger partial charge in [-0.1, -0.05) is 30.0 Å². The molecule has 4 aromatic rings. The van der Waals surface area contributed by atoms with Crippen molar-refractivity contribution >= 4 is 44.0 Å². The van der Waals surface area contributed by atoms with Crippen LogP contribution in [0.1, 0.15) is 29.6 Å². The molecule has 1 aromatic heterocycles. The number of sulfone groups is 1. The average Bonchev–Trinajstić information content (AvgIpc) is 2.96. The lowest BCUT2D eigenvalue weighted by atomic mass is 10.2. The number of rotatable bonds is 11. The Kier molecular flexibility index (Phi) is 9.48. The van der Waals surface area contributed by atoms with Crippen LogP contribution in [0.2, 0.25) is 0 Å². The van der Waals surface area contributed by atoms with E-state index in [9.17, 15) is 18.0 Å². The average molecular weight is 563 g/mol. The van der Waals surface area contributed by atoms with Gasteiger partial charge in [-0.2, -0.15) is 0 Å². The van der Waals surface area contributed by atoms with Gasteiger partial charge in [0, 0.05) is 35.6 Å². The molecule has 0 bridgehead atoms. The van der Waals surface area contributed by atoms with Gasteiger partial charge in [-0.25, -0.2) is 13.0 Å². The first kappa shape index (κ1) is 28.0. The van der Waals surface area contributed by atoms with Crippen molar-refractivity contribution in [2.45, 2.75) is 40.5 Å². The fourth-order valence-corrected chi connectivity index (χ4v) is 5.99. The number of thioether (sulfide) groups is 1. The van der Waals surface area contributed by atoms with Crippen LogP contribution in [0.5, 0.6) is 0 Å². The molecule has 8 nitrogen and oxygen atoms in total. The lowest BCUT2D eigenvalue weighted by Crippen LogP contribution is -2.32. The maximum Gasteiger partial charge on any atom is 0.256 e. The summed E-state index contributed by atoms with van der Waals surface area (Å²) in [6.07, 6.45) is 6.02. The zero-order chi connectivity index (χ0) is 27.7. The maximum absolute atomic E-state index is 13.0. The van der Waals surface area contributed by atoms with Crippen molar-refractivity contribution in [1.82, 2.24) is 0 Å². The smallest absolute Gasteiger partial charge is 0.256 e. The van der Waals surface area contributed by atoms with E-state index in [1.807, 2.05) is 36.1 Å². The molecule has 0 aliphatic carbocycles. The second-order valence-corrected chi connectivity index (χ2v) is 11.7. The molecule has 3 aromatic carbocycles. The molecule has 1 amide bonds. The second-order valence-electron chi connectivity index (χ2n) is 8.66. The Hall–Kier alpha value is -3.99. The van der Waals surface area contributed by atoms with Gasteiger partial charge in [0.25, 0.3) is 5.91 Å². The van der Waals surface area contributed by atoms with Gasteiger partial charge in [0.1, 0.15) is 6.54 Å². The summed E-state index contributed by atoms with van der Waals surface area (Å²) in [5.74, 6) is -0.394. The topological polar surface area (TPSA) is 116 Å². The van der Waals surface area contributed by atoms with Gasteiger partial charge in [-0.15, -0.1) is 0 Å². The highest BCUT2D eigenvalue weighted by molar-refractivity contribution is 8.13. The number of benzene rings is 3. The fraction of sp³-hybridized carbons (Fsp3) is 0.138. The number of nitrogens with zero attached hydrogens (tertiary/aromatic N) is 1. The van der Waals surface area contributed by atoms with Crippen LogP contribution >= 0.6 is 11.8 Å². The third-order valence-electron chi connectivity index (χ3n) is 5.90. The third kappa shape index (κ3) is 7.53. The summed E-state index contributed by atoms with van der Waals surface area (Å²) < 4.78 is 27.9. The van der Waals surface area contributed by atoms with Crippen LogP contribution < -0.4 is 15.4 Å². The van der Waals surface area contributed by atoms with Crippen molar-refractivity contribution in [3.8, 4) is 0 Å². The summed E-state index contributed by atoms with van der Waals surface area (Å²) in [4.78, 5) is 26.3. The number of unbranched alkanes of at least 4 members (excludes halogenated alkanes) is 1. The number of hydrogen-bond acceptors (Lipinski definition) is 7. The van der Waals surface area contributed by atoms with E-state index in [1.165, 1.54) is 48.5 Å². The van der Waals surface area contributed by atoms with E-state index >= 15 is 0 Å². The number of aryl methyl sites for hydroxylation is 1. The molecular formula is C29H28N3O5S2+. The first-order valence-corrected chi connectivity index (χ1v) is 14.6. The Bertz CT molecular complexity index is 1530. The van der Waals surface area contributed by atoms with Crippen molar-refractivity contribution in [3.05, 3.63) is 109 Å². The Morgan fingerprint density at radius 2 is 1.38 bits per heavy atom. The number of carbonyl (C=O) groups is 2. The van der Waals surface area contributed by atoms with Crippen molar-refractivity contribution in [2.75, 3.05) is 10.8 Å². The van der Waals surface area contributed by atoms with Gasteiger partial charge >= 0.3 is 0 Å². The lowest BCUT2D eigenvalue weighted by molar-refractivity contribution is -0.697. The highest BCUT2D eigenvalue weighted by Crippen LogP contribution is 2.27. The number of nitrogens with one attached hydrogen (secondary N) is 2. The van der Waals surface area contributed by atoms with E-state index in [4.69, 9.17) is 5.21 Å². The number of aromatic nitrogens is 1. The molecule has 4 rings (SSSR count). The van der Waals surface area contributed by atoms with E-state index in [0.717, 1.165) is 31.1 Å². The molecule has 39 heavy (non-hydrogen) atoms. The summed E-state index contributed by atoms with van der Waals surface area (Å²) in [6.45, 7) is 0.839. The van der Waals surface area contributed by atoms with Crippen molar-refractivity contribution in [3.63, 3.8) is 0 Å². The van der Waals surface area contributed by atoms with Crippen molar-refractivity contribution in [1.29, 1.82) is 0 Å². The maximum atomic E-state index is 13.0. The molecule has 0 unspecified atom stereocenters. The summed E-state index contributed by atoms with van der Waals surface area (Å²) in [5, 5.41) is 11.7. The Labute approximate surface area is 231 Å². The lowest BCUT2D eigenvalue weighted by Gasteiger charge is -2.10. The molecule has 0 aliphatic rings. The standard InChI is InChI=1S/C29H27N3O5S2/c33-28(10-4-7-21-32-19-5-1-6-20-32)38-27-9-3-2-8-26(27)29(34)30-22-11-15-24(16-12-22)39(36,37)25-17-13-23(31-35)14-18-25/h1-3,5-6,8-9,11-20,31,35H,4,7,10,21H2/p+1.